The molecule has 1 aliphatic carbocycles. The van der Waals surface area contributed by atoms with E-state index >= 15 is 0 Å². The molecule has 0 N–H and O–H groups in total. The van der Waals surface area contributed by atoms with Gasteiger partial charge < -0.3 is 0 Å². The van der Waals surface area contributed by atoms with Gasteiger partial charge in [-0.3, -0.25) is 0 Å². The first-order valence-electron chi connectivity index (χ1n) is 6.82. The molecule has 0 spiro atoms. The van der Waals surface area contributed by atoms with E-state index in [0.717, 1.165) is 10.9 Å². The highest BCUT2D eigenvalue weighted by molar-refractivity contribution is 9.13. The quantitative estimate of drug-likeness (QED) is 0.316. The van der Waals surface area contributed by atoms with Crippen LogP contribution in [0.1, 0.15) is 11.1 Å². The normalized spacial score (nSPS) is 11.1. The van der Waals surface area contributed by atoms with Gasteiger partial charge in [0.15, 0.2) is 0 Å². The Bertz CT molecular complexity index is 722. The summed E-state index contributed by atoms with van der Waals surface area (Å²) in [6, 6.07) is 24.9. The van der Waals surface area contributed by atoms with Crippen molar-refractivity contribution in [2.24, 2.45) is 0 Å². The Morgan fingerprint density at radius 2 is 1.24 bits per heavy atom. The Morgan fingerprint density at radius 3 is 1.90 bits per heavy atom. The lowest BCUT2D eigenvalue weighted by molar-refractivity contribution is 1.26. The molecule has 0 nitrogen and oxygen atoms in total. The lowest BCUT2D eigenvalue weighted by Crippen LogP contribution is -1.81. The van der Waals surface area contributed by atoms with Crippen LogP contribution in [-0.2, 0) is 6.42 Å². The Labute approximate surface area is 142 Å². The standard InChI is InChI=1S/C13H8Br2.C6H6/c14-11-6-5-9-7-8-3-1-2-4-10(8)12(9)13(11)15;1-2-4-6-5-3-1/h1-6H,7H2;1-6H. The zero-order valence-electron chi connectivity index (χ0n) is 11.4. The smallest absolute Gasteiger partial charge is 0.0398 e. The SMILES string of the molecule is Brc1ccc2c(c1Br)-c1ccccc1C2.c1ccccc1. The van der Waals surface area contributed by atoms with Gasteiger partial charge in [-0.05, 0) is 61.0 Å². The number of rotatable bonds is 0. The lowest BCUT2D eigenvalue weighted by atomic mass is 10.1. The van der Waals surface area contributed by atoms with Gasteiger partial charge in [-0.1, -0.05) is 66.7 Å². The minimum absolute atomic E-state index is 1.05. The zero-order valence-corrected chi connectivity index (χ0v) is 14.6. The van der Waals surface area contributed by atoms with E-state index in [1.807, 2.05) is 36.4 Å². The third-order valence-corrected chi connectivity index (χ3v) is 5.53. The average molecular weight is 402 g/mol. The monoisotopic (exact) mass is 400 g/mol. The van der Waals surface area contributed by atoms with Crippen molar-refractivity contribution in [2.75, 3.05) is 0 Å². The summed E-state index contributed by atoms with van der Waals surface area (Å²) in [4.78, 5) is 0. The fourth-order valence-electron chi connectivity index (χ4n) is 2.54. The van der Waals surface area contributed by atoms with Gasteiger partial charge in [0.25, 0.3) is 0 Å². The van der Waals surface area contributed by atoms with Crippen molar-refractivity contribution in [3.8, 4) is 11.1 Å². The van der Waals surface area contributed by atoms with Crippen molar-refractivity contribution in [3.05, 3.63) is 92.9 Å². The molecule has 0 aliphatic heterocycles. The molecule has 0 saturated carbocycles. The first-order valence-corrected chi connectivity index (χ1v) is 8.41. The van der Waals surface area contributed by atoms with Gasteiger partial charge in [-0.25, -0.2) is 0 Å². The molecule has 21 heavy (non-hydrogen) atoms. The van der Waals surface area contributed by atoms with E-state index in [1.165, 1.54) is 26.7 Å². The third kappa shape index (κ3) is 3.12. The molecule has 3 aromatic carbocycles. The number of halogens is 2. The van der Waals surface area contributed by atoms with Crippen molar-refractivity contribution >= 4 is 31.9 Å². The molecule has 0 radical (unpaired) electrons. The Hall–Kier alpha value is -1.38. The Kier molecular flexibility index (Phi) is 4.57. The molecule has 0 fully saturated rings. The predicted octanol–water partition coefficient (Wildman–Crippen LogP) is 6.47. The van der Waals surface area contributed by atoms with Crippen molar-refractivity contribution in [1.29, 1.82) is 0 Å². The maximum Gasteiger partial charge on any atom is 0.0398 e. The van der Waals surface area contributed by atoms with Crippen LogP contribution in [0.5, 0.6) is 0 Å². The van der Waals surface area contributed by atoms with E-state index in [0.29, 0.717) is 0 Å². The number of benzene rings is 3. The molecule has 0 aromatic heterocycles. The van der Waals surface area contributed by atoms with E-state index in [4.69, 9.17) is 0 Å². The van der Waals surface area contributed by atoms with Gasteiger partial charge in [-0.2, -0.15) is 0 Å². The van der Waals surface area contributed by atoms with Crippen LogP contribution in [0.15, 0.2) is 81.7 Å². The second-order valence-electron chi connectivity index (χ2n) is 4.88. The fraction of sp³-hybridized carbons (Fsp3) is 0.0526. The summed E-state index contributed by atoms with van der Waals surface area (Å²) in [5.74, 6) is 0. The first-order chi connectivity index (χ1) is 10.3. The fourth-order valence-corrected chi connectivity index (χ4v) is 3.47. The van der Waals surface area contributed by atoms with Crippen LogP contribution < -0.4 is 0 Å². The molecule has 0 saturated heterocycles. The minimum atomic E-state index is 1.05. The Morgan fingerprint density at radius 1 is 0.619 bits per heavy atom. The predicted molar refractivity (Wildman–Crippen MR) is 96.5 cm³/mol. The highest BCUT2D eigenvalue weighted by Gasteiger charge is 2.21. The molecule has 4 rings (SSSR count). The van der Waals surface area contributed by atoms with E-state index < -0.39 is 0 Å². The molecule has 0 amide bonds. The molecule has 3 aromatic rings. The average Bonchev–Trinajstić information content (AvgIpc) is 2.92. The molecule has 1 aliphatic rings. The third-order valence-electron chi connectivity index (χ3n) is 3.52. The molecular weight excluding hydrogens is 388 g/mol. The molecule has 0 heterocycles. The molecular formula is C19H14Br2. The number of hydrogen-bond donors (Lipinski definition) is 0. The summed E-state index contributed by atoms with van der Waals surface area (Å²) in [7, 11) is 0. The van der Waals surface area contributed by atoms with E-state index in [2.05, 4.69) is 68.3 Å². The van der Waals surface area contributed by atoms with Crippen molar-refractivity contribution in [1.82, 2.24) is 0 Å². The summed E-state index contributed by atoms with van der Waals surface area (Å²) in [6.07, 6.45) is 1.05. The zero-order chi connectivity index (χ0) is 14.7. The van der Waals surface area contributed by atoms with E-state index in [1.54, 1.807) is 0 Å². The molecule has 104 valence electrons. The largest absolute Gasteiger partial charge is 0.0623 e. The van der Waals surface area contributed by atoms with E-state index in [9.17, 15) is 0 Å². The van der Waals surface area contributed by atoms with Crippen LogP contribution >= 0.6 is 31.9 Å². The summed E-state index contributed by atoms with van der Waals surface area (Å²) in [6.45, 7) is 0. The van der Waals surface area contributed by atoms with Gasteiger partial charge in [0.05, 0.1) is 0 Å². The van der Waals surface area contributed by atoms with Gasteiger partial charge in [0.1, 0.15) is 0 Å². The van der Waals surface area contributed by atoms with Crippen LogP contribution in [0, 0.1) is 0 Å². The highest BCUT2D eigenvalue weighted by Crippen LogP contribution is 2.43. The molecule has 0 bridgehead atoms. The molecule has 0 unspecified atom stereocenters. The second kappa shape index (κ2) is 6.59. The van der Waals surface area contributed by atoms with Crippen LogP contribution in [-0.4, -0.2) is 0 Å². The van der Waals surface area contributed by atoms with Gasteiger partial charge in [0, 0.05) is 14.5 Å². The van der Waals surface area contributed by atoms with Gasteiger partial charge >= 0.3 is 0 Å². The van der Waals surface area contributed by atoms with Crippen molar-refractivity contribution < 1.29 is 0 Å². The van der Waals surface area contributed by atoms with Crippen molar-refractivity contribution in [3.63, 3.8) is 0 Å². The number of hydrogen-bond acceptors (Lipinski definition) is 0. The van der Waals surface area contributed by atoms with Crippen LogP contribution in [0.2, 0.25) is 0 Å². The summed E-state index contributed by atoms with van der Waals surface area (Å²) in [5, 5.41) is 0. The summed E-state index contributed by atoms with van der Waals surface area (Å²) in [5.41, 5.74) is 5.54. The topological polar surface area (TPSA) is 0 Å². The molecule has 2 heteroatoms. The van der Waals surface area contributed by atoms with Crippen LogP contribution in [0.4, 0.5) is 0 Å². The summed E-state index contributed by atoms with van der Waals surface area (Å²) < 4.78 is 2.29. The Balaban J connectivity index is 0.000000186. The molecule has 0 atom stereocenters. The van der Waals surface area contributed by atoms with Crippen LogP contribution in [0.25, 0.3) is 11.1 Å². The van der Waals surface area contributed by atoms with Gasteiger partial charge in [-0.15, -0.1) is 0 Å². The maximum absolute atomic E-state index is 3.65. The minimum Gasteiger partial charge on any atom is -0.0623 e. The van der Waals surface area contributed by atoms with Crippen molar-refractivity contribution in [2.45, 2.75) is 6.42 Å². The number of fused-ring (bicyclic) bond motifs is 3. The van der Waals surface area contributed by atoms with Gasteiger partial charge in [0.2, 0.25) is 0 Å². The summed E-state index contributed by atoms with van der Waals surface area (Å²) >= 11 is 7.21. The van der Waals surface area contributed by atoms with Crippen LogP contribution in [0.3, 0.4) is 0 Å². The highest BCUT2D eigenvalue weighted by atomic mass is 79.9. The van der Waals surface area contributed by atoms with E-state index in [-0.39, 0.29) is 0 Å². The first kappa shape index (κ1) is 14.6. The second-order valence-corrected chi connectivity index (χ2v) is 6.53. The lowest BCUT2D eigenvalue weighted by Gasteiger charge is -2.05. The maximum atomic E-state index is 3.65.